The molecule has 0 saturated carbocycles. The fourth-order valence-corrected chi connectivity index (χ4v) is 4.53. The first kappa shape index (κ1) is 26.4. The molecule has 1 fully saturated rings. The predicted octanol–water partition coefficient (Wildman–Crippen LogP) is 2.96. The molecule has 4 amide bonds. The number of nitrogens with two attached hydrogens (primary N) is 1. The third-order valence-corrected chi connectivity index (χ3v) is 6.25. The standard InChI is InChI=1S/C24H34N6O4S/c1-16(2)27-21(32)18-9-7-8-17(14-18)15-34-22-19(20(25)31)23(35-29-22)28-24(33)26-10-3-4-11-30-12-5-6-13-30/h7-9,14,16H,3-6,10-13,15H2,1-2H3,(H2,25,31)(H,27,32)(H2,26,28,33). The molecule has 2 heterocycles. The number of aromatic nitrogens is 1. The minimum absolute atomic E-state index is 0.0212. The van der Waals surface area contributed by atoms with Gasteiger partial charge < -0.3 is 26.0 Å². The quantitative estimate of drug-likeness (QED) is 0.329. The lowest BCUT2D eigenvalue weighted by Crippen LogP contribution is -2.30. The normalized spacial score (nSPS) is 13.6. The molecule has 190 valence electrons. The highest BCUT2D eigenvalue weighted by molar-refractivity contribution is 7.11. The van der Waals surface area contributed by atoms with E-state index in [1.165, 1.54) is 25.9 Å². The number of primary amides is 1. The largest absolute Gasteiger partial charge is 0.472 e. The summed E-state index contributed by atoms with van der Waals surface area (Å²) < 4.78 is 9.86. The van der Waals surface area contributed by atoms with Gasteiger partial charge in [-0.15, -0.1) is 0 Å². The van der Waals surface area contributed by atoms with Crippen molar-refractivity contribution in [3.8, 4) is 5.88 Å². The number of nitrogens with one attached hydrogen (secondary N) is 3. The molecule has 0 unspecified atom stereocenters. The molecule has 5 N–H and O–H groups in total. The summed E-state index contributed by atoms with van der Waals surface area (Å²) in [5, 5.41) is 8.51. The van der Waals surface area contributed by atoms with E-state index in [-0.39, 0.29) is 35.0 Å². The zero-order valence-corrected chi connectivity index (χ0v) is 21.1. The number of rotatable bonds is 12. The molecule has 35 heavy (non-hydrogen) atoms. The first-order valence-corrected chi connectivity index (χ1v) is 12.7. The summed E-state index contributed by atoms with van der Waals surface area (Å²) in [6, 6.07) is 6.59. The van der Waals surface area contributed by atoms with Crippen molar-refractivity contribution < 1.29 is 19.1 Å². The molecule has 1 aromatic carbocycles. The van der Waals surface area contributed by atoms with E-state index < -0.39 is 11.9 Å². The van der Waals surface area contributed by atoms with E-state index in [9.17, 15) is 14.4 Å². The van der Waals surface area contributed by atoms with E-state index in [2.05, 4.69) is 25.2 Å². The molecule has 0 atom stereocenters. The third-order valence-electron chi connectivity index (χ3n) is 5.50. The molecule has 0 spiro atoms. The smallest absolute Gasteiger partial charge is 0.319 e. The van der Waals surface area contributed by atoms with Crippen LogP contribution in [0.15, 0.2) is 24.3 Å². The molecule has 1 saturated heterocycles. The Labute approximate surface area is 209 Å². The van der Waals surface area contributed by atoms with Gasteiger partial charge in [-0.3, -0.25) is 14.9 Å². The number of likely N-dealkylation sites (tertiary alicyclic amines) is 1. The molecule has 0 bridgehead atoms. The van der Waals surface area contributed by atoms with Crippen molar-refractivity contribution in [3.63, 3.8) is 0 Å². The zero-order valence-electron chi connectivity index (χ0n) is 20.3. The van der Waals surface area contributed by atoms with Crippen molar-refractivity contribution in [2.24, 2.45) is 5.73 Å². The van der Waals surface area contributed by atoms with Crippen LogP contribution in [0, 0.1) is 0 Å². The summed E-state index contributed by atoms with van der Waals surface area (Å²) in [4.78, 5) is 39.0. The number of carbonyl (C=O) groups is 3. The average molecular weight is 503 g/mol. The molecule has 2 aromatic rings. The van der Waals surface area contributed by atoms with Crippen LogP contribution in [-0.4, -0.2) is 59.3 Å². The summed E-state index contributed by atoms with van der Waals surface area (Å²) in [6.45, 7) is 7.77. The summed E-state index contributed by atoms with van der Waals surface area (Å²) in [7, 11) is 0. The van der Waals surface area contributed by atoms with Gasteiger partial charge in [-0.25, -0.2) is 4.79 Å². The van der Waals surface area contributed by atoms with Crippen LogP contribution in [0.3, 0.4) is 0 Å². The highest BCUT2D eigenvalue weighted by Crippen LogP contribution is 2.30. The van der Waals surface area contributed by atoms with E-state index in [1.807, 2.05) is 13.8 Å². The highest BCUT2D eigenvalue weighted by atomic mass is 32.1. The second-order valence-corrected chi connectivity index (χ2v) is 9.58. The number of anilines is 1. The zero-order chi connectivity index (χ0) is 25.2. The Morgan fingerprint density at radius 3 is 2.69 bits per heavy atom. The molecule has 1 aromatic heterocycles. The predicted molar refractivity (Wildman–Crippen MR) is 136 cm³/mol. The van der Waals surface area contributed by atoms with Crippen LogP contribution in [0.25, 0.3) is 0 Å². The van der Waals surface area contributed by atoms with Gasteiger partial charge in [0.2, 0.25) is 5.88 Å². The molecule has 11 heteroatoms. The lowest BCUT2D eigenvalue weighted by atomic mass is 10.1. The minimum atomic E-state index is -0.750. The van der Waals surface area contributed by atoms with Crippen LogP contribution in [0.1, 0.15) is 65.8 Å². The fraction of sp³-hybridized carbons (Fsp3) is 0.500. The number of carbonyl (C=O) groups excluding carboxylic acids is 3. The van der Waals surface area contributed by atoms with Crippen LogP contribution in [-0.2, 0) is 6.61 Å². The fourth-order valence-electron chi connectivity index (χ4n) is 3.79. The van der Waals surface area contributed by atoms with Crippen molar-refractivity contribution in [1.29, 1.82) is 0 Å². The van der Waals surface area contributed by atoms with E-state index in [0.29, 0.717) is 12.1 Å². The van der Waals surface area contributed by atoms with Gasteiger partial charge in [0.1, 0.15) is 17.2 Å². The van der Waals surface area contributed by atoms with Crippen LogP contribution >= 0.6 is 11.5 Å². The van der Waals surface area contributed by atoms with Crippen molar-refractivity contribution in [1.82, 2.24) is 19.9 Å². The highest BCUT2D eigenvalue weighted by Gasteiger charge is 2.22. The number of hydrogen-bond donors (Lipinski definition) is 4. The Morgan fingerprint density at radius 1 is 1.20 bits per heavy atom. The molecule has 0 radical (unpaired) electrons. The van der Waals surface area contributed by atoms with Crippen LogP contribution < -0.4 is 26.4 Å². The maximum atomic E-state index is 12.3. The number of amides is 4. The van der Waals surface area contributed by atoms with Gasteiger partial charge in [0, 0.05) is 18.2 Å². The van der Waals surface area contributed by atoms with Crippen molar-refractivity contribution in [3.05, 3.63) is 41.0 Å². The molecule has 1 aliphatic heterocycles. The topological polar surface area (TPSA) is 139 Å². The monoisotopic (exact) mass is 502 g/mol. The molecule has 1 aliphatic rings. The second kappa shape index (κ2) is 13.1. The maximum absolute atomic E-state index is 12.3. The van der Waals surface area contributed by atoms with Gasteiger partial charge in [-0.05, 0) is 88.4 Å². The first-order chi connectivity index (χ1) is 16.8. The Hall–Kier alpha value is -3.18. The van der Waals surface area contributed by atoms with Gasteiger partial charge in [0.15, 0.2) is 0 Å². The maximum Gasteiger partial charge on any atom is 0.319 e. The van der Waals surface area contributed by atoms with E-state index >= 15 is 0 Å². The summed E-state index contributed by atoms with van der Waals surface area (Å²) in [5.74, 6) is -0.887. The average Bonchev–Trinajstić information content (AvgIpc) is 3.47. The number of unbranched alkanes of at least 4 members (excludes halogenated alkanes) is 1. The molecule has 10 nitrogen and oxygen atoms in total. The van der Waals surface area contributed by atoms with Crippen molar-refractivity contribution >= 4 is 34.4 Å². The number of benzene rings is 1. The SMILES string of the molecule is CC(C)NC(=O)c1cccc(COc2nsc(NC(=O)NCCCCN3CCCC3)c2C(N)=O)c1. The summed E-state index contributed by atoms with van der Waals surface area (Å²) >= 11 is 0.925. The lowest BCUT2D eigenvalue weighted by molar-refractivity contribution is 0.0941. The second-order valence-electron chi connectivity index (χ2n) is 8.81. The minimum Gasteiger partial charge on any atom is -0.472 e. The van der Waals surface area contributed by atoms with Crippen LogP contribution in [0.2, 0.25) is 0 Å². The van der Waals surface area contributed by atoms with E-state index in [1.54, 1.807) is 24.3 Å². The number of hydrogen-bond acceptors (Lipinski definition) is 7. The van der Waals surface area contributed by atoms with Crippen molar-refractivity contribution in [2.45, 2.75) is 52.2 Å². The van der Waals surface area contributed by atoms with Gasteiger partial charge in [-0.2, -0.15) is 4.37 Å². The molecule has 3 rings (SSSR count). The third kappa shape index (κ3) is 8.22. The Balaban J connectivity index is 1.51. The molecular weight excluding hydrogens is 468 g/mol. The summed E-state index contributed by atoms with van der Waals surface area (Å²) in [5.41, 5.74) is 6.79. The number of ether oxygens (including phenoxy) is 1. The first-order valence-electron chi connectivity index (χ1n) is 11.9. The van der Waals surface area contributed by atoms with E-state index in [0.717, 1.165) is 36.5 Å². The molecular formula is C24H34N6O4S. The Morgan fingerprint density at radius 2 is 1.97 bits per heavy atom. The van der Waals surface area contributed by atoms with Crippen LogP contribution in [0.5, 0.6) is 5.88 Å². The Kier molecular flexibility index (Phi) is 9.86. The van der Waals surface area contributed by atoms with Crippen LogP contribution in [0.4, 0.5) is 9.80 Å². The lowest BCUT2D eigenvalue weighted by Gasteiger charge is -2.14. The van der Waals surface area contributed by atoms with Crippen molar-refractivity contribution in [2.75, 3.05) is 31.5 Å². The summed E-state index contributed by atoms with van der Waals surface area (Å²) in [6.07, 6.45) is 4.43. The number of urea groups is 1. The Bertz CT molecular complexity index is 1020. The van der Waals surface area contributed by atoms with E-state index in [4.69, 9.17) is 10.5 Å². The van der Waals surface area contributed by atoms with Gasteiger partial charge in [0.05, 0.1) is 0 Å². The van der Waals surface area contributed by atoms with Gasteiger partial charge in [0.25, 0.3) is 11.8 Å². The van der Waals surface area contributed by atoms with Gasteiger partial charge in [-0.1, -0.05) is 12.1 Å². The molecule has 0 aliphatic carbocycles. The van der Waals surface area contributed by atoms with Gasteiger partial charge >= 0.3 is 6.03 Å². The number of nitrogens with zero attached hydrogens (tertiary/aromatic N) is 2.